The molecule has 2 heterocycles. The zero-order valence-electron chi connectivity index (χ0n) is 13.4. The van der Waals surface area contributed by atoms with Gasteiger partial charge in [-0.15, -0.1) is 0 Å². The fourth-order valence-electron chi connectivity index (χ4n) is 2.53. The standard InChI is InChI=1S/C17H19BrN4O2/c1-12-4-6-13(7-5-12)20-17(23)21-19-11-14-10-15(18)16(24-14)22-8-2-3-9-22/h4-7,10-11H,2-3,8-9H2,1H3,(H2,20,21,23)/b19-11+. The molecule has 0 spiro atoms. The van der Waals surface area contributed by atoms with E-state index in [9.17, 15) is 4.79 Å². The first-order valence-corrected chi connectivity index (χ1v) is 8.62. The second-order valence-corrected chi connectivity index (χ2v) is 6.54. The average Bonchev–Trinajstić information content (AvgIpc) is 3.19. The Morgan fingerprint density at radius 3 is 2.71 bits per heavy atom. The lowest BCUT2D eigenvalue weighted by Gasteiger charge is -2.13. The minimum atomic E-state index is -0.402. The third-order valence-corrected chi connectivity index (χ3v) is 4.32. The second kappa shape index (κ2) is 7.53. The number of benzene rings is 1. The topological polar surface area (TPSA) is 69.9 Å². The Morgan fingerprint density at radius 1 is 1.29 bits per heavy atom. The van der Waals surface area contributed by atoms with Crippen molar-refractivity contribution in [3.05, 3.63) is 46.1 Å². The first-order valence-electron chi connectivity index (χ1n) is 7.83. The van der Waals surface area contributed by atoms with E-state index < -0.39 is 6.03 Å². The molecule has 0 atom stereocenters. The summed E-state index contributed by atoms with van der Waals surface area (Å²) in [6, 6.07) is 8.98. The Labute approximate surface area is 149 Å². The van der Waals surface area contributed by atoms with E-state index >= 15 is 0 Å². The molecule has 7 heteroatoms. The van der Waals surface area contributed by atoms with Crippen LogP contribution in [0.3, 0.4) is 0 Å². The van der Waals surface area contributed by atoms with Gasteiger partial charge in [0, 0.05) is 24.8 Å². The van der Waals surface area contributed by atoms with Crippen molar-refractivity contribution in [1.82, 2.24) is 5.43 Å². The molecule has 2 amide bonds. The van der Waals surface area contributed by atoms with Crippen LogP contribution >= 0.6 is 15.9 Å². The zero-order chi connectivity index (χ0) is 16.9. The van der Waals surface area contributed by atoms with Gasteiger partial charge in [0.1, 0.15) is 0 Å². The Hall–Kier alpha value is -2.28. The van der Waals surface area contributed by atoms with E-state index in [-0.39, 0.29) is 0 Å². The molecular weight excluding hydrogens is 372 g/mol. The average molecular weight is 391 g/mol. The van der Waals surface area contributed by atoms with Crippen LogP contribution < -0.4 is 15.6 Å². The number of anilines is 2. The fourth-order valence-corrected chi connectivity index (χ4v) is 3.08. The largest absolute Gasteiger partial charge is 0.438 e. The van der Waals surface area contributed by atoms with Gasteiger partial charge >= 0.3 is 6.03 Å². The Kier molecular flexibility index (Phi) is 5.20. The molecule has 0 radical (unpaired) electrons. The first kappa shape index (κ1) is 16.6. The summed E-state index contributed by atoms with van der Waals surface area (Å²) in [5.74, 6) is 1.40. The van der Waals surface area contributed by atoms with E-state index in [2.05, 4.69) is 36.7 Å². The highest BCUT2D eigenvalue weighted by Gasteiger charge is 2.19. The van der Waals surface area contributed by atoms with Gasteiger partial charge in [-0.1, -0.05) is 17.7 Å². The van der Waals surface area contributed by atoms with Crippen LogP contribution in [0, 0.1) is 6.92 Å². The van der Waals surface area contributed by atoms with Crippen molar-refractivity contribution in [2.24, 2.45) is 5.10 Å². The Bertz CT molecular complexity index is 734. The molecule has 0 saturated carbocycles. The van der Waals surface area contributed by atoms with E-state index in [0.29, 0.717) is 11.4 Å². The number of nitrogens with zero attached hydrogens (tertiary/aromatic N) is 2. The third kappa shape index (κ3) is 4.17. The Balaban J connectivity index is 1.55. The molecule has 1 fully saturated rings. The molecule has 0 unspecified atom stereocenters. The SMILES string of the molecule is Cc1ccc(NC(=O)N/N=C/c2cc(Br)c(N3CCCC3)o2)cc1. The number of carbonyl (C=O) groups is 1. The normalized spacial score (nSPS) is 14.3. The summed E-state index contributed by atoms with van der Waals surface area (Å²) in [6.07, 6.45) is 3.84. The van der Waals surface area contributed by atoms with E-state index in [1.54, 1.807) is 0 Å². The van der Waals surface area contributed by atoms with Crippen LogP contribution in [0.2, 0.25) is 0 Å². The van der Waals surface area contributed by atoms with Gasteiger partial charge in [0.25, 0.3) is 0 Å². The number of hydrogen-bond donors (Lipinski definition) is 2. The van der Waals surface area contributed by atoms with Crippen LogP contribution in [0.15, 0.2) is 44.3 Å². The Morgan fingerprint density at radius 2 is 2.00 bits per heavy atom. The summed E-state index contributed by atoms with van der Waals surface area (Å²) in [4.78, 5) is 14.0. The molecule has 1 aromatic carbocycles. The number of halogens is 1. The molecule has 24 heavy (non-hydrogen) atoms. The van der Waals surface area contributed by atoms with Gasteiger partial charge in [-0.3, -0.25) is 0 Å². The number of hydrogen-bond acceptors (Lipinski definition) is 4. The monoisotopic (exact) mass is 390 g/mol. The highest BCUT2D eigenvalue weighted by atomic mass is 79.9. The minimum Gasteiger partial charge on any atom is -0.438 e. The lowest BCUT2D eigenvalue weighted by atomic mass is 10.2. The molecule has 0 bridgehead atoms. The first-order chi connectivity index (χ1) is 11.6. The van der Waals surface area contributed by atoms with E-state index in [1.807, 2.05) is 37.3 Å². The van der Waals surface area contributed by atoms with Gasteiger partial charge in [-0.2, -0.15) is 5.10 Å². The zero-order valence-corrected chi connectivity index (χ0v) is 15.0. The van der Waals surface area contributed by atoms with Crippen molar-refractivity contribution in [1.29, 1.82) is 0 Å². The molecule has 2 aromatic rings. The van der Waals surface area contributed by atoms with Crippen LogP contribution in [-0.2, 0) is 0 Å². The van der Waals surface area contributed by atoms with Crippen molar-refractivity contribution in [3.8, 4) is 0 Å². The van der Waals surface area contributed by atoms with Crippen LogP contribution in [0.5, 0.6) is 0 Å². The highest BCUT2D eigenvalue weighted by Crippen LogP contribution is 2.31. The summed E-state index contributed by atoms with van der Waals surface area (Å²) >= 11 is 3.50. The number of amides is 2. The van der Waals surface area contributed by atoms with Gasteiger partial charge in [0.2, 0.25) is 5.88 Å². The van der Waals surface area contributed by atoms with E-state index in [0.717, 1.165) is 29.0 Å². The molecule has 6 nitrogen and oxygen atoms in total. The number of aryl methyl sites for hydroxylation is 1. The van der Waals surface area contributed by atoms with Crippen molar-refractivity contribution in [2.75, 3.05) is 23.3 Å². The van der Waals surface area contributed by atoms with Gasteiger partial charge in [0.05, 0.1) is 10.7 Å². The van der Waals surface area contributed by atoms with Gasteiger partial charge in [0.15, 0.2) is 5.76 Å². The van der Waals surface area contributed by atoms with Gasteiger partial charge in [-0.25, -0.2) is 10.2 Å². The maximum Gasteiger partial charge on any atom is 0.339 e. The number of nitrogens with one attached hydrogen (secondary N) is 2. The number of hydrazone groups is 1. The molecule has 1 saturated heterocycles. The minimum absolute atomic E-state index is 0.402. The summed E-state index contributed by atoms with van der Waals surface area (Å²) in [6.45, 7) is 3.99. The quantitative estimate of drug-likeness (QED) is 0.609. The summed E-state index contributed by atoms with van der Waals surface area (Å²) < 4.78 is 6.67. The molecular formula is C17H19BrN4O2. The van der Waals surface area contributed by atoms with E-state index in [1.165, 1.54) is 19.1 Å². The van der Waals surface area contributed by atoms with Crippen LogP contribution in [0.4, 0.5) is 16.4 Å². The molecule has 3 rings (SSSR count). The predicted octanol–water partition coefficient (Wildman–Crippen LogP) is 4.11. The van der Waals surface area contributed by atoms with Crippen molar-refractivity contribution in [3.63, 3.8) is 0 Å². The molecule has 126 valence electrons. The number of rotatable bonds is 4. The van der Waals surface area contributed by atoms with Crippen LogP contribution in [0.1, 0.15) is 24.2 Å². The predicted molar refractivity (Wildman–Crippen MR) is 98.8 cm³/mol. The fraction of sp³-hybridized carbons (Fsp3) is 0.294. The summed E-state index contributed by atoms with van der Waals surface area (Å²) in [7, 11) is 0. The van der Waals surface area contributed by atoms with Crippen molar-refractivity contribution >= 4 is 39.7 Å². The molecule has 0 aliphatic carbocycles. The maximum absolute atomic E-state index is 11.8. The lowest BCUT2D eigenvalue weighted by molar-refractivity contribution is 0.252. The second-order valence-electron chi connectivity index (χ2n) is 5.69. The van der Waals surface area contributed by atoms with E-state index in [4.69, 9.17) is 4.42 Å². The number of urea groups is 1. The van der Waals surface area contributed by atoms with Gasteiger partial charge in [-0.05, 0) is 47.8 Å². The molecule has 1 aromatic heterocycles. The number of carbonyl (C=O) groups excluding carboxylic acids is 1. The maximum atomic E-state index is 11.8. The van der Waals surface area contributed by atoms with Crippen molar-refractivity contribution < 1.29 is 9.21 Å². The van der Waals surface area contributed by atoms with Crippen LogP contribution in [-0.4, -0.2) is 25.3 Å². The lowest BCUT2D eigenvalue weighted by Crippen LogP contribution is -2.24. The summed E-state index contributed by atoms with van der Waals surface area (Å²) in [5.41, 5.74) is 4.27. The van der Waals surface area contributed by atoms with Crippen LogP contribution in [0.25, 0.3) is 0 Å². The molecule has 2 N–H and O–H groups in total. The summed E-state index contributed by atoms with van der Waals surface area (Å²) in [5, 5.41) is 6.62. The third-order valence-electron chi connectivity index (χ3n) is 3.75. The molecule has 1 aliphatic heterocycles. The van der Waals surface area contributed by atoms with Gasteiger partial charge < -0.3 is 14.6 Å². The molecule has 1 aliphatic rings. The highest BCUT2D eigenvalue weighted by molar-refractivity contribution is 9.10. The van der Waals surface area contributed by atoms with Crippen molar-refractivity contribution in [2.45, 2.75) is 19.8 Å². The number of furan rings is 1. The smallest absolute Gasteiger partial charge is 0.339 e.